The number of β-amino-alcohol motifs (C(OH)–C–C–N with tert-alkyl or cyclic N) is 1. The second-order valence-corrected chi connectivity index (χ2v) is 5.39. The molecule has 0 saturated carbocycles. The van der Waals surface area contributed by atoms with Gasteiger partial charge in [0.05, 0.1) is 24.0 Å². The zero-order valence-electron chi connectivity index (χ0n) is 11.0. The molecule has 2 aliphatic heterocycles. The lowest BCUT2D eigenvalue weighted by molar-refractivity contribution is 0.198. The summed E-state index contributed by atoms with van der Waals surface area (Å²) >= 11 is 0. The normalized spacial score (nSPS) is 27.7. The summed E-state index contributed by atoms with van der Waals surface area (Å²) in [5, 5.41) is 17.1. The van der Waals surface area contributed by atoms with Gasteiger partial charge >= 0.3 is 0 Å². The molecule has 2 atom stereocenters. The maximum atomic E-state index is 12.2. The van der Waals surface area contributed by atoms with Gasteiger partial charge in [0.2, 0.25) is 0 Å². The number of nitrogens with one attached hydrogen (secondary N) is 1. The van der Waals surface area contributed by atoms with Crippen molar-refractivity contribution in [2.24, 2.45) is 0 Å². The van der Waals surface area contributed by atoms with Crippen molar-refractivity contribution in [3.8, 4) is 0 Å². The minimum absolute atomic E-state index is 0.0485. The maximum absolute atomic E-state index is 12.2. The van der Waals surface area contributed by atoms with Crippen molar-refractivity contribution in [1.82, 2.24) is 15.1 Å². The number of piperidine rings is 1. The fraction of sp³-hybridized carbons (Fsp3) is 0.692. The number of aromatic nitrogens is 2. The molecule has 6 heteroatoms. The second kappa shape index (κ2) is 5.30. The predicted molar refractivity (Wildman–Crippen MR) is 72.5 cm³/mol. The lowest BCUT2D eigenvalue weighted by Crippen LogP contribution is -2.38. The van der Waals surface area contributed by atoms with Crippen LogP contribution in [0.2, 0.25) is 0 Å². The Morgan fingerprint density at radius 2 is 2.32 bits per heavy atom. The standard InChI is InChI=1S/C13H20N4O2/c18-12-3-5-16(9-12)11-6-13(19)17(15-8-11)10-2-1-4-14-7-10/h6,8,10,12,14,18H,1-5,7,9H2/t10-,12-/m1/s1. The Morgan fingerprint density at radius 3 is 2.95 bits per heavy atom. The first-order valence-corrected chi connectivity index (χ1v) is 6.96. The minimum Gasteiger partial charge on any atom is -0.391 e. The monoisotopic (exact) mass is 264 g/mol. The van der Waals surface area contributed by atoms with Crippen molar-refractivity contribution < 1.29 is 5.11 Å². The molecule has 0 aromatic carbocycles. The Hall–Kier alpha value is -1.40. The molecule has 3 heterocycles. The Bertz CT molecular complexity index is 496. The van der Waals surface area contributed by atoms with Gasteiger partial charge in [-0.2, -0.15) is 5.10 Å². The number of aliphatic hydroxyl groups excluding tert-OH is 1. The first kappa shape index (κ1) is 12.6. The van der Waals surface area contributed by atoms with E-state index < -0.39 is 0 Å². The molecule has 3 rings (SSSR count). The summed E-state index contributed by atoms with van der Waals surface area (Å²) in [5.74, 6) is 0. The van der Waals surface area contributed by atoms with Crippen LogP contribution < -0.4 is 15.8 Å². The van der Waals surface area contributed by atoms with Gasteiger partial charge < -0.3 is 15.3 Å². The lowest BCUT2D eigenvalue weighted by Gasteiger charge is -2.24. The molecule has 6 nitrogen and oxygen atoms in total. The fourth-order valence-electron chi connectivity index (χ4n) is 2.87. The molecule has 2 aliphatic rings. The summed E-state index contributed by atoms with van der Waals surface area (Å²) in [5.41, 5.74) is 0.772. The van der Waals surface area contributed by atoms with E-state index in [2.05, 4.69) is 10.4 Å². The molecule has 2 N–H and O–H groups in total. The summed E-state index contributed by atoms with van der Waals surface area (Å²) in [4.78, 5) is 14.2. The zero-order chi connectivity index (χ0) is 13.2. The molecule has 2 saturated heterocycles. The summed E-state index contributed by atoms with van der Waals surface area (Å²) in [6, 6.07) is 1.80. The largest absolute Gasteiger partial charge is 0.391 e. The molecule has 0 unspecified atom stereocenters. The van der Waals surface area contributed by atoms with Crippen molar-refractivity contribution in [2.45, 2.75) is 31.4 Å². The van der Waals surface area contributed by atoms with Gasteiger partial charge in [-0.1, -0.05) is 0 Å². The van der Waals surface area contributed by atoms with Crippen molar-refractivity contribution >= 4 is 5.69 Å². The molecule has 0 bridgehead atoms. The highest BCUT2D eigenvalue weighted by Crippen LogP contribution is 2.19. The average Bonchev–Trinajstić information content (AvgIpc) is 2.86. The van der Waals surface area contributed by atoms with E-state index in [1.54, 1.807) is 16.9 Å². The predicted octanol–water partition coefficient (Wildman–Crippen LogP) is -0.261. The number of rotatable bonds is 2. The molecule has 0 amide bonds. The van der Waals surface area contributed by atoms with Crippen LogP contribution in [0.15, 0.2) is 17.1 Å². The second-order valence-electron chi connectivity index (χ2n) is 5.39. The van der Waals surface area contributed by atoms with E-state index in [0.717, 1.165) is 44.6 Å². The smallest absolute Gasteiger partial charge is 0.269 e. The van der Waals surface area contributed by atoms with Crippen LogP contribution in [-0.2, 0) is 0 Å². The van der Waals surface area contributed by atoms with E-state index in [1.807, 2.05) is 4.90 Å². The number of hydrogen-bond donors (Lipinski definition) is 2. The van der Waals surface area contributed by atoms with E-state index in [9.17, 15) is 9.90 Å². The van der Waals surface area contributed by atoms with Crippen molar-refractivity contribution in [3.63, 3.8) is 0 Å². The molecule has 2 fully saturated rings. The Balaban J connectivity index is 1.79. The number of anilines is 1. The average molecular weight is 264 g/mol. The van der Waals surface area contributed by atoms with Gasteiger partial charge in [0, 0.05) is 25.7 Å². The summed E-state index contributed by atoms with van der Waals surface area (Å²) in [6.07, 6.45) is 4.30. The molecular formula is C13H20N4O2. The lowest BCUT2D eigenvalue weighted by atomic mass is 10.1. The summed E-state index contributed by atoms with van der Waals surface area (Å²) in [7, 11) is 0. The summed E-state index contributed by atoms with van der Waals surface area (Å²) in [6.45, 7) is 3.22. The highest BCUT2D eigenvalue weighted by Gasteiger charge is 2.22. The first-order chi connectivity index (χ1) is 9.24. The Morgan fingerprint density at radius 1 is 1.42 bits per heavy atom. The van der Waals surface area contributed by atoms with Gasteiger partial charge in [0.25, 0.3) is 5.56 Å². The molecule has 0 radical (unpaired) electrons. The highest BCUT2D eigenvalue weighted by molar-refractivity contribution is 5.44. The number of nitrogens with zero attached hydrogens (tertiary/aromatic N) is 3. The number of aliphatic hydroxyl groups is 1. The molecule has 0 spiro atoms. The van der Waals surface area contributed by atoms with E-state index >= 15 is 0 Å². The SMILES string of the molecule is O=c1cc(N2CC[C@@H](O)C2)cnn1[C@@H]1CCCNC1. The van der Waals surface area contributed by atoms with E-state index in [4.69, 9.17) is 0 Å². The first-order valence-electron chi connectivity index (χ1n) is 6.96. The van der Waals surface area contributed by atoms with E-state index in [1.165, 1.54) is 0 Å². The Kier molecular flexibility index (Phi) is 3.52. The zero-order valence-corrected chi connectivity index (χ0v) is 11.0. The van der Waals surface area contributed by atoms with Crippen LogP contribution in [0.3, 0.4) is 0 Å². The van der Waals surface area contributed by atoms with Crippen LogP contribution in [0.25, 0.3) is 0 Å². The van der Waals surface area contributed by atoms with Crippen molar-refractivity contribution in [2.75, 3.05) is 31.1 Å². The topological polar surface area (TPSA) is 70.4 Å². The van der Waals surface area contributed by atoms with Crippen LogP contribution in [0.4, 0.5) is 5.69 Å². The van der Waals surface area contributed by atoms with Gasteiger partial charge in [0.1, 0.15) is 0 Å². The van der Waals surface area contributed by atoms with Gasteiger partial charge in [-0.25, -0.2) is 4.68 Å². The van der Waals surface area contributed by atoms with Crippen molar-refractivity contribution in [3.05, 3.63) is 22.6 Å². The molecule has 1 aromatic heterocycles. The van der Waals surface area contributed by atoms with Crippen molar-refractivity contribution in [1.29, 1.82) is 0 Å². The van der Waals surface area contributed by atoms with Gasteiger partial charge in [-0.3, -0.25) is 4.79 Å². The van der Waals surface area contributed by atoms with Crippen LogP contribution in [0, 0.1) is 0 Å². The molecule has 104 valence electrons. The minimum atomic E-state index is -0.287. The summed E-state index contributed by atoms with van der Waals surface area (Å²) < 4.78 is 1.59. The van der Waals surface area contributed by atoms with Gasteiger partial charge in [0.15, 0.2) is 0 Å². The third-order valence-corrected chi connectivity index (χ3v) is 3.96. The maximum Gasteiger partial charge on any atom is 0.269 e. The fourth-order valence-corrected chi connectivity index (χ4v) is 2.87. The molecule has 19 heavy (non-hydrogen) atoms. The highest BCUT2D eigenvalue weighted by atomic mass is 16.3. The van der Waals surface area contributed by atoms with E-state index in [0.29, 0.717) is 6.54 Å². The third-order valence-electron chi connectivity index (χ3n) is 3.96. The van der Waals surface area contributed by atoms with Crippen LogP contribution in [0.1, 0.15) is 25.3 Å². The van der Waals surface area contributed by atoms with Crippen LogP contribution in [0.5, 0.6) is 0 Å². The molecular weight excluding hydrogens is 244 g/mol. The molecule has 1 aromatic rings. The Labute approximate surface area is 112 Å². The van der Waals surface area contributed by atoms with Crippen LogP contribution in [-0.4, -0.2) is 47.2 Å². The molecule has 0 aliphatic carbocycles. The van der Waals surface area contributed by atoms with E-state index in [-0.39, 0.29) is 17.7 Å². The van der Waals surface area contributed by atoms with Gasteiger partial charge in [-0.05, 0) is 25.8 Å². The number of hydrogen-bond acceptors (Lipinski definition) is 5. The quantitative estimate of drug-likeness (QED) is 0.770. The third kappa shape index (κ3) is 2.64. The van der Waals surface area contributed by atoms with Gasteiger partial charge in [-0.15, -0.1) is 0 Å². The van der Waals surface area contributed by atoms with Crippen LogP contribution >= 0.6 is 0 Å².